The van der Waals surface area contributed by atoms with Crippen molar-refractivity contribution in [2.45, 2.75) is 114 Å². The van der Waals surface area contributed by atoms with Gasteiger partial charge in [-0.1, -0.05) is 48.9 Å². The predicted molar refractivity (Wildman–Crippen MR) is 167 cm³/mol. The Kier molecular flexibility index (Phi) is 11.0. The number of likely N-dealkylation sites (tertiary alicyclic amines) is 1. The van der Waals surface area contributed by atoms with E-state index in [1.165, 1.54) is 4.90 Å². The summed E-state index contributed by atoms with van der Waals surface area (Å²) in [5, 5.41) is 12.9. The normalized spacial score (nSPS) is 29.6. The molecule has 43 heavy (non-hydrogen) atoms. The van der Waals surface area contributed by atoms with Crippen LogP contribution in [0.3, 0.4) is 0 Å². The Bertz CT molecular complexity index is 1110. The van der Waals surface area contributed by atoms with Crippen LogP contribution in [0.2, 0.25) is 0 Å². The number of rotatable bonds is 14. The van der Waals surface area contributed by atoms with E-state index in [-0.39, 0.29) is 48.2 Å². The zero-order valence-electron chi connectivity index (χ0n) is 26.7. The second-order valence-corrected chi connectivity index (χ2v) is 15.3. The first-order valence-electron chi connectivity index (χ1n) is 15.2. The summed E-state index contributed by atoms with van der Waals surface area (Å²) < 4.78 is 12.3. The molecule has 0 saturated carbocycles. The summed E-state index contributed by atoms with van der Waals surface area (Å²) in [7, 11) is 0. The molecule has 1 spiro atoms. The first-order chi connectivity index (χ1) is 20.0. The van der Waals surface area contributed by atoms with Gasteiger partial charge >= 0.3 is 5.97 Å². The van der Waals surface area contributed by atoms with Crippen LogP contribution in [0.15, 0.2) is 25.3 Å². The second kappa shape index (κ2) is 13.4. The summed E-state index contributed by atoms with van der Waals surface area (Å²) in [6, 6.07) is -1.73. The number of alkyl halides is 1. The number of fused-ring (bicyclic) bond motifs is 1. The van der Waals surface area contributed by atoms with Gasteiger partial charge < -0.3 is 29.7 Å². The molecule has 1 unspecified atom stereocenters. The van der Waals surface area contributed by atoms with Crippen molar-refractivity contribution >= 4 is 39.6 Å². The largest absolute Gasteiger partial charge is 0.460 e. The third-order valence-electron chi connectivity index (χ3n) is 8.72. The number of aliphatic hydroxyl groups is 1. The molecule has 3 heterocycles. The molecule has 8 atom stereocenters. The average Bonchev–Trinajstić information content (AvgIpc) is 3.50. The zero-order valence-corrected chi connectivity index (χ0v) is 28.3. The summed E-state index contributed by atoms with van der Waals surface area (Å²) in [6.07, 6.45) is 3.88. The van der Waals surface area contributed by atoms with Gasteiger partial charge in [-0.15, -0.1) is 13.2 Å². The minimum atomic E-state index is -1.28. The number of hydrogen-bond acceptors (Lipinski definition) is 7. The van der Waals surface area contributed by atoms with E-state index in [9.17, 15) is 24.3 Å². The lowest BCUT2D eigenvalue weighted by molar-refractivity contribution is -0.160. The highest BCUT2D eigenvalue weighted by Gasteiger charge is 2.77. The Balaban J connectivity index is 1.96. The zero-order chi connectivity index (χ0) is 32.5. The molecule has 2 N–H and O–H groups in total. The van der Waals surface area contributed by atoms with Gasteiger partial charge in [0.2, 0.25) is 17.7 Å². The van der Waals surface area contributed by atoms with Crippen LogP contribution >= 0.6 is 15.9 Å². The van der Waals surface area contributed by atoms with Crippen LogP contribution in [0.1, 0.15) is 74.1 Å². The number of hydrogen-bond donors (Lipinski definition) is 2. The average molecular weight is 669 g/mol. The van der Waals surface area contributed by atoms with Crippen molar-refractivity contribution in [1.82, 2.24) is 15.1 Å². The van der Waals surface area contributed by atoms with Gasteiger partial charge in [0.1, 0.15) is 17.7 Å². The molecular weight excluding hydrogens is 618 g/mol. The molecule has 3 aliphatic rings. The Morgan fingerprint density at radius 2 is 1.88 bits per heavy atom. The van der Waals surface area contributed by atoms with Gasteiger partial charge in [-0.25, -0.2) is 0 Å². The lowest BCUT2D eigenvalue weighted by Crippen LogP contribution is -2.62. The van der Waals surface area contributed by atoms with Crippen molar-refractivity contribution in [2.24, 2.45) is 17.3 Å². The Morgan fingerprint density at radius 3 is 2.44 bits per heavy atom. The summed E-state index contributed by atoms with van der Waals surface area (Å²) in [5.74, 6) is -3.39. The van der Waals surface area contributed by atoms with Crippen molar-refractivity contribution in [3.63, 3.8) is 0 Å². The number of ether oxygens (including phenoxy) is 2. The SMILES string of the molecule is C=CCCC(=O)NC[C@H](C)OC(=O)[C@H]1[C@@H]2O[C@@]3(CC2Br)[C@@H]1C(=O)N([C@H](C)CO)[C@@H]3C(=O)N(CC=C)C(C)(C)CC(C)(C)C. The molecule has 0 radical (unpaired) electrons. The van der Waals surface area contributed by atoms with Crippen molar-refractivity contribution in [3.8, 4) is 0 Å². The number of halogens is 1. The number of carbonyl (C=O) groups excluding carboxylic acids is 4. The fourth-order valence-corrected chi connectivity index (χ4v) is 8.32. The van der Waals surface area contributed by atoms with E-state index in [1.54, 1.807) is 30.9 Å². The number of nitrogens with one attached hydrogen (secondary N) is 1. The van der Waals surface area contributed by atoms with Crippen LogP contribution in [-0.4, -0.2) is 98.6 Å². The van der Waals surface area contributed by atoms with Crippen LogP contribution in [0.25, 0.3) is 0 Å². The minimum absolute atomic E-state index is 0.0898. The van der Waals surface area contributed by atoms with Crippen LogP contribution in [0.5, 0.6) is 0 Å². The van der Waals surface area contributed by atoms with Gasteiger partial charge in [-0.2, -0.15) is 0 Å². The second-order valence-electron chi connectivity index (χ2n) is 14.1. The summed E-state index contributed by atoms with van der Waals surface area (Å²) in [6.45, 7) is 21.2. The Morgan fingerprint density at radius 1 is 1.23 bits per heavy atom. The molecule has 0 aromatic rings. The molecule has 0 aliphatic carbocycles. The number of carbonyl (C=O) groups is 4. The first kappa shape index (κ1) is 35.2. The minimum Gasteiger partial charge on any atom is -0.460 e. The van der Waals surface area contributed by atoms with Gasteiger partial charge in [0.25, 0.3) is 0 Å². The number of allylic oxidation sites excluding steroid dienone is 1. The van der Waals surface area contributed by atoms with E-state index in [0.717, 1.165) is 0 Å². The topological polar surface area (TPSA) is 125 Å². The van der Waals surface area contributed by atoms with Crippen molar-refractivity contribution in [1.29, 1.82) is 0 Å². The standard InChI is InChI=1S/C32H50BrN3O7/c1-10-12-13-22(38)34-16-20(4)42-29(41)23-24-27(39)36(19(3)17-37)26(32(24)15-21(33)25(23)43-32)28(40)35(14-11-2)31(8,9)18-30(5,6)7/h10-11,19-21,23-26,37H,1-2,12-18H2,3-9H3,(H,34,38)/t19-,20+,21?,23-,24+,25-,26-,32+/m1/s1. The fraction of sp³-hybridized carbons (Fsp3) is 0.750. The smallest absolute Gasteiger partial charge is 0.312 e. The molecule has 10 nitrogen and oxygen atoms in total. The van der Waals surface area contributed by atoms with Crippen LogP contribution < -0.4 is 5.32 Å². The maximum Gasteiger partial charge on any atom is 0.312 e. The van der Waals surface area contributed by atoms with Crippen molar-refractivity contribution in [3.05, 3.63) is 25.3 Å². The van der Waals surface area contributed by atoms with Gasteiger partial charge in [0.15, 0.2) is 0 Å². The predicted octanol–water partition coefficient (Wildman–Crippen LogP) is 3.36. The molecule has 3 rings (SSSR count). The highest BCUT2D eigenvalue weighted by atomic mass is 79.9. The van der Waals surface area contributed by atoms with Crippen molar-refractivity contribution in [2.75, 3.05) is 19.7 Å². The molecule has 3 saturated heterocycles. The van der Waals surface area contributed by atoms with E-state index in [1.807, 2.05) is 13.8 Å². The van der Waals surface area contributed by atoms with Gasteiger partial charge in [0.05, 0.1) is 37.1 Å². The molecule has 0 aromatic heterocycles. The lowest BCUT2D eigenvalue weighted by atomic mass is 9.70. The molecule has 242 valence electrons. The highest BCUT2D eigenvalue weighted by Crippen LogP contribution is 2.61. The van der Waals surface area contributed by atoms with E-state index in [4.69, 9.17) is 9.47 Å². The molecule has 3 fully saturated rings. The molecule has 11 heteroatoms. The highest BCUT2D eigenvalue weighted by molar-refractivity contribution is 9.09. The van der Waals surface area contributed by atoms with Gasteiger partial charge in [0, 0.05) is 23.3 Å². The first-order valence-corrected chi connectivity index (χ1v) is 16.1. The van der Waals surface area contributed by atoms with Crippen LogP contribution in [0.4, 0.5) is 0 Å². The molecule has 0 aromatic carbocycles. The Labute approximate surface area is 264 Å². The molecule has 3 aliphatic heterocycles. The third kappa shape index (κ3) is 7.04. The third-order valence-corrected chi connectivity index (χ3v) is 9.57. The monoisotopic (exact) mass is 667 g/mol. The van der Waals surface area contributed by atoms with E-state index < -0.39 is 59.1 Å². The van der Waals surface area contributed by atoms with E-state index in [0.29, 0.717) is 19.3 Å². The molecular formula is C32H50BrN3O7. The molecule has 2 bridgehead atoms. The number of amides is 3. The van der Waals surface area contributed by atoms with Gasteiger partial charge in [-0.3, -0.25) is 19.2 Å². The number of esters is 1. The summed E-state index contributed by atoms with van der Waals surface area (Å²) >= 11 is 3.67. The van der Waals surface area contributed by atoms with Crippen molar-refractivity contribution < 1.29 is 33.8 Å². The molecule has 3 amide bonds. The summed E-state index contributed by atoms with van der Waals surface area (Å²) in [4.78, 5) is 57.5. The summed E-state index contributed by atoms with van der Waals surface area (Å²) in [5.41, 5.74) is -1.96. The maximum absolute atomic E-state index is 14.7. The fourth-order valence-electron chi connectivity index (χ4n) is 7.38. The van der Waals surface area contributed by atoms with Crippen LogP contribution in [-0.2, 0) is 28.7 Å². The van der Waals surface area contributed by atoms with E-state index in [2.05, 4.69) is 55.2 Å². The number of aliphatic hydroxyl groups excluding tert-OH is 1. The quantitative estimate of drug-likeness (QED) is 0.165. The maximum atomic E-state index is 14.7. The van der Waals surface area contributed by atoms with Crippen LogP contribution in [0, 0.1) is 17.3 Å². The Hall–Kier alpha value is -2.24. The number of nitrogens with zero attached hydrogens (tertiary/aromatic N) is 2. The van der Waals surface area contributed by atoms with E-state index >= 15 is 0 Å². The lowest BCUT2D eigenvalue weighted by Gasteiger charge is -2.46. The van der Waals surface area contributed by atoms with Gasteiger partial charge in [-0.05, 0) is 52.4 Å².